The fourth-order valence-electron chi connectivity index (χ4n) is 5.12. The van der Waals surface area contributed by atoms with Crippen LogP contribution in [0.2, 0.25) is 0 Å². The Kier molecular flexibility index (Phi) is 9.52. The molecule has 1 aliphatic heterocycles. The summed E-state index contributed by atoms with van der Waals surface area (Å²) in [5, 5.41) is 12.2. The number of esters is 1. The number of aromatic nitrogens is 1. The van der Waals surface area contributed by atoms with Gasteiger partial charge in [-0.1, -0.05) is 47.7 Å². The van der Waals surface area contributed by atoms with E-state index in [0.29, 0.717) is 27.6 Å². The highest BCUT2D eigenvalue weighted by Crippen LogP contribution is 2.37. The SMILES string of the molecule is CCOC(=O)C1=C(C)N=c2s/c(=C\c3cc(OC)c(OCc4ccccc4)cc3[N+](=O)[O-])c(=O)n2[C@H]1c1ccc(OC)c(OC)c1. The molecule has 3 aromatic carbocycles. The molecular formula is C33H31N3O9S. The zero-order valence-corrected chi connectivity index (χ0v) is 26.6. The number of hydrogen-bond donors (Lipinski definition) is 0. The summed E-state index contributed by atoms with van der Waals surface area (Å²) >= 11 is 1.04. The van der Waals surface area contributed by atoms with E-state index >= 15 is 0 Å². The van der Waals surface area contributed by atoms with Gasteiger partial charge in [-0.25, -0.2) is 9.79 Å². The number of allylic oxidation sites excluding steroid dienone is 1. The smallest absolute Gasteiger partial charge is 0.338 e. The highest BCUT2D eigenvalue weighted by molar-refractivity contribution is 7.07. The Hall–Kier alpha value is -5.43. The molecule has 12 nitrogen and oxygen atoms in total. The number of carbonyl (C=O) groups excluding carboxylic acids is 1. The van der Waals surface area contributed by atoms with Crippen molar-refractivity contribution in [3.05, 3.63) is 118 Å². The third kappa shape index (κ3) is 6.22. The molecule has 0 amide bonds. The third-order valence-corrected chi connectivity index (χ3v) is 8.26. The van der Waals surface area contributed by atoms with Gasteiger partial charge in [-0.05, 0) is 49.2 Å². The lowest BCUT2D eigenvalue weighted by Gasteiger charge is -2.25. The van der Waals surface area contributed by atoms with E-state index in [1.807, 2.05) is 30.3 Å². The van der Waals surface area contributed by atoms with Crippen LogP contribution >= 0.6 is 11.3 Å². The number of benzene rings is 3. The maximum Gasteiger partial charge on any atom is 0.338 e. The molecule has 0 aliphatic carbocycles. The topological polar surface area (TPSA) is 141 Å². The van der Waals surface area contributed by atoms with E-state index in [0.717, 1.165) is 16.9 Å². The van der Waals surface area contributed by atoms with E-state index in [1.165, 1.54) is 44.1 Å². The van der Waals surface area contributed by atoms with E-state index in [9.17, 15) is 19.7 Å². The van der Waals surface area contributed by atoms with Crippen molar-refractivity contribution in [1.82, 2.24) is 4.57 Å². The lowest BCUT2D eigenvalue weighted by atomic mass is 9.95. The van der Waals surface area contributed by atoms with E-state index < -0.39 is 22.5 Å². The molecule has 2 heterocycles. The van der Waals surface area contributed by atoms with Gasteiger partial charge in [0.15, 0.2) is 27.8 Å². The first kappa shape index (κ1) is 32.0. The van der Waals surface area contributed by atoms with Crippen LogP contribution in [0.25, 0.3) is 6.08 Å². The Labute approximate surface area is 267 Å². The Morgan fingerprint density at radius 2 is 1.70 bits per heavy atom. The van der Waals surface area contributed by atoms with Gasteiger partial charge in [0.05, 0.1) is 66.3 Å². The van der Waals surface area contributed by atoms with Gasteiger partial charge < -0.3 is 23.7 Å². The van der Waals surface area contributed by atoms with Crippen molar-refractivity contribution in [3.8, 4) is 23.0 Å². The van der Waals surface area contributed by atoms with Crippen LogP contribution in [0.15, 0.2) is 81.7 Å². The van der Waals surface area contributed by atoms with Crippen LogP contribution in [-0.2, 0) is 16.1 Å². The van der Waals surface area contributed by atoms with E-state index in [2.05, 4.69) is 4.99 Å². The monoisotopic (exact) mass is 645 g/mol. The molecule has 1 atom stereocenters. The van der Waals surface area contributed by atoms with Crippen LogP contribution in [0.3, 0.4) is 0 Å². The van der Waals surface area contributed by atoms with Gasteiger partial charge in [0.25, 0.3) is 11.2 Å². The highest BCUT2D eigenvalue weighted by atomic mass is 32.1. The second-order valence-electron chi connectivity index (χ2n) is 10.0. The normalized spacial score (nSPS) is 14.3. The average Bonchev–Trinajstić information content (AvgIpc) is 3.36. The molecule has 1 aromatic heterocycles. The first-order valence-corrected chi connectivity index (χ1v) is 15.0. The summed E-state index contributed by atoms with van der Waals surface area (Å²) in [7, 11) is 4.42. The van der Waals surface area contributed by atoms with Crippen LogP contribution in [0, 0.1) is 10.1 Å². The minimum atomic E-state index is -0.921. The standard InChI is InChI=1S/C33H31N3O9S/c1-6-44-32(38)29-19(2)34-33-35(30(29)21-12-13-24(41-3)25(14-21)42-4)31(37)28(46-33)16-22-15-26(43-5)27(17-23(22)36(39)40)45-18-20-10-8-7-9-11-20/h7-17,30H,6,18H2,1-5H3/b28-16-/t30-/m0/s1. The number of ether oxygens (including phenoxy) is 5. The highest BCUT2D eigenvalue weighted by Gasteiger charge is 2.34. The predicted octanol–water partition coefficient (Wildman–Crippen LogP) is 4.31. The summed E-state index contributed by atoms with van der Waals surface area (Å²) in [6, 6.07) is 16.3. The van der Waals surface area contributed by atoms with E-state index in [4.69, 9.17) is 23.7 Å². The second kappa shape index (κ2) is 13.7. The average molecular weight is 646 g/mol. The fourth-order valence-corrected chi connectivity index (χ4v) is 6.15. The number of methoxy groups -OCH3 is 3. The van der Waals surface area contributed by atoms with Gasteiger partial charge in [-0.2, -0.15) is 0 Å². The van der Waals surface area contributed by atoms with Crippen LogP contribution in [0.4, 0.5) is 5.69 Å². The largest absolute Gasteiger partial charge is 0.493 e. The summed E-state index contributed by atoms with van der Waals surface area (Å²) in [5.74, 6) is 0.681. The summed E-state index contributed by atoms with van der Waals surface area (Å²) in [4.78, 5) is 43.9. The van der Waals surface area contributed by atoms with Crippen molar-refractivity contribution in [2.75, 3.05) is 27.9 Å². The number of thiazole rings is 1. The molecule has 5 rings (SSSR count). The molecule has 0 radical (unpaired) electrons. The number of nitro benzene ring substituents is 1. The summed E-state index contributed by atoms with van der Waals surface area (Å²) in [5.41, 5.74) is 1.32. The predicted molar refractivity (Wildman–Crippen MR) is 170 cm³/mol. The number of nitro groups is 1. The Bertz CT molecular complexity index is 2020. The van der Waals surface area contributed by atoms with Crippen molar-refractivity contribution >= 4 is 29.1 Å². The first-order valence-electron chi connectivity index (χ1n) is 14.1. The molecule has 0 bridgehead atoms. The number of fused-ring (bicyclic) bond motifs is 1. The minimum absolute atomic E-state index is 0.120. The molecule has 0 N–H and O–H groups in total. The Morgan fingerprint density at radius 1 is 1.00 bits per heavy atom. The Morgan fingerprint density at radius 3 is 2.35 bits per heavy atom. The number of rotatable bonds is 11. The second-order valence-corrected chi connectivity index (χ2v) is 11.0. The lowest BCUT2D eigenvalue weighted by molar-refractivity contribution is -0.385. The maximum absolute atomic E-state index is 14.1. The molecular weight excluding hydrogens is 614 g/mol. The number of hydrogen-bond acceptors (Lipinski definition) is 11. The van der Waals surface area contributed by atoms with Crippen molar-refractivity contribution < 1.29 is 33.4 Å². The molecule has 0 saturated heterocycles. The van der Waals surface area contributed by atoms with Crippen LogP contribution in [0.1, 0.15) is 36.6 Å². The zero-order chi connectivity index (χ0) is 33.0. The van der Waals surface area contributed by atoms with Gasteiger partial charge in [-0.3, -0.25) is 19.5 Å². The van der Waals surface area contributed by atoms with Crippen molar-refractivity contribution in [1.29, 1.82) is 0 Å². The van der Waals surface area contributed by atoms with Crippen LogP contribution < -0.4 is 33.8 Å². The van der Waals surface area contributed by atoms with Gasteiger partial charge in [0.2, 0.25) is 0 Å². The summed E-state index contributed by atoms with van der Waals surface area (Å²) in [6.07, 6.45) is 1.42. The van der Waals surface area contributed by atoms with Crippen molar-refractivity contribution in [2.45, 2.75) is 26.5 Å². The van der Waals surface area contributed by atoms with E-state index in [-0.39, 0.29) is 46.1 Å². The number of nitrogens with zero attached hydrogens (tertiary/aromatic N) is 3. The van der Waals surface area contributed by atoms with Gasteiger partial charge in [0.1, 0.15) is 6.61 Å². The van der Waals surface area contributed by atoms with Crippen molar-refractivity contribution in [2.24, 2.45) is 4.99 Å². The molecule has 0 unspecified atom stereocenters. The van der Waals surface area contributed by atoms with Crippen LogP contribution in [-0.4, -0.2) is 43.4 Å². The molecule has 4 aromatic rings. The quantitative estimate of drug-likeness (QED) is 0.133. The molecule has 238 valence electrons. The minimum Gasteiger partial charge on any atom is -0.493 e. The fraction of sp³-hybridized carbons (Fsp3) is 0.242. The molecule has 0 spiro atoms. The molecule has 0 saturated carbocycles. The Balaban J connectivity index is 1.66. The van der Waals surface area contributed by atoms with E-state index in [1.54, 1.807) is 32.0 Å². The van der Waals surface area contributed by atoms with Gasteiger partial charge in [0, 0.05) is 0 Å². The lowest BCUT2D eigenvalue weighted by Crippen LogP contribution is -2.40. The third-order valence-electron chi connectivity index (χ3n) is 7.27. The van der Waals surface area contributed by atoms with Crippen molar-refractivity contribution in [3.63, 3.8) is 0 Å². The van der Waals surface area contributed by atoms with Crippen LogP contribution in [0.5, 0.6) is 23.0 Å². The molecule has 1 aliphatic rings. The molecule has 13 heteroatoms. The molecule has 0 fully saturated rings. The van der Waals surface area contributed by atoms with Gasteiger partial charge >= 0.3 is 5.97 Å². The zero-order valence-electron chi connectivity index (χ0n) is 25.8. The summed E-state index contributed by atoms with van der Waals surface area (Å²) in [6.45, 7) is 3.65. The molecule has 46 heavy (non-hydrogen) atoms. The summed E-state index contributed by atoms with van der Waals surface area (Å²) < 4.78 is 29.2. The number of carbonyl (C=O) groups is 1. The van der Waals surface area contributed by atoms with Gasteiger partial charge in [-0.15, -0.1) is 0 Å². The first-order chi connectivity index (χ1) is 22.2. The maximum atomic E-state index is 14.1.